The number of hydrogen-bond acceptors (Lipinski definition) is 5. The van der Waals surface area contributed by atoms with Crippen LogP contribution in [0.1, 0.15) is 12.5 Å². The number of pyridine rings is 1. The van der Waals surface area contributed by atoms with Crippen LogP contribution in [0.3, 0.4) is 0 Å². The van der Waals surface area contributed by atoms with Crippen molar-refractivity contribution in [1.82, 2.24) is 19.9 Å². The van der Waals surface area contributed by atoms with Crippen molar-refractivity contribution in [2.24, 2.45) is 4.99 Å². The summed E-state index contributed by atoms with van der Waals surface area (Å²) in [7, 11) is -3.34. The highest BCUT2D eigenvalue weighted by Gasteiger charge is 2.27. The van der Waals surface area contributed by atoms with E-state index in [-0.39, 0.29) is 12.3 Å². The Labute approximate surface area is 185 Å². The molecule has 0 amide bonds. The van der Waals surface area contributed by atoms with Crippen molar-refractivity contribution in [3.63, 3.8) is 0 Å². The molecule has 2 N–H and O–H groups in total. The predicted octanol–water partition coefficient (Wildman–Crippen LogP) is 1.33. The van der Waals surface area contributed by atoms with Gasteiger partial charge in [0.25, 0.3) is 0 Å². The molecule has 0 aliphatic carbocycles. The Morgan fingerprint density at radius 2 is 1.77 bits per heavy atom. The van der Waals surface area contributed by atoms with Crippen LogP contribution in [-0.4, -0.2) is 75.2 Å². The number of hydrogen-bond donors (Lipinski definition) is 2. The highest BCUT2D eigenvalue weighted by Crippen LogP contribution is 2.14. The van der Waals surface area contributed by atoms with Gasteiger partial charge in [0.15, 0.2) is 5.96 Å². The highest BCUT2D eigenvalue weighted by molar-refractivity contribution is 7.89. The summed E-state index contributed by atoms with van der Waals surface area (Å²) in [5.41, 5.74) is 1.25. The zero-order valence-electron chi connectivity index (χ0n) is 18.1. The van der Waals surface area contributed by atoms with E-state index in [1.807, 2.05) is 43.3 Å². The van der Waals surface area contributed by atoms with Crippen LogP contribution in [0.25, 0.3) is 0 Å². The minimum Gasteiger partial charge on any atom is -0.357 e. The van der Waals surface area contributed by atoms with E-state index in [1.165, 1.54) is 5.56 Å². The maximum absolute atomic E-state index is 12.7. The number of rotatable bonds is 9. The lowest BCUT2D eigenvalue weighted by Crippen LogP contribution is -2.49. The zero-order chi connectivity index (χ0) is 21.9. The second kappa shape index (κ2) is 11.7. The number of guanidine groups is 1. The van der Waals surface area contributed by atoms with E-state index in [1.54, 1.807) is 10.5 Å². The molecule has 0 unspecified atom stereocenters. The fourth-order valence-corrected chi connectivity index (χ4v) is 4.75. The Morgan fingerprint density at radius 1 is 1.03 bits per heavy atom. The molecule has 9 heteroatoms. The van der Waals surface area contributed by atoms with Crippen LogP contribution < -0.4 is 15.5 Å². The molecular weight excluding hydrogens is 412 g/mol. The summed E-state index contributed by atoms with van der Waals surface area (Å²) in [6, 6.07) is 16.0. The average Bonchev–Trinajstić information content (AvgIpc) is 2.80. The molecule has 0 radical (unpaired) electrons. The highest BCUT2D eigenvalue weighted by atomic mass is 32.2. The first kappa shape index (κ1) is 23.0. The Bertz CT molecular complexity index is 914. The van der Waals surface area contributed by atoms with Gasteiger partial charge in [-0.15, -0.1) is 0 Å². The maximum Gasteiger partial charge on any atom is 0.216 e. The van der Waals surface area contributed by atoms with Gasteiger partial charge in [-0.1, -0.05) is 36.4 Å². The van der Waals surface area contributed by atoms with Crippen molar-refractivity contribution < 1.29 is 8.42 Å². The van der Waals surface area contributed by atoms with Crippen LogP contribution in [0.5, 0.6) is 0 Å². The Morgan fingerprint density at radius 3 is 2.45 bits per heavy atom. The summed E-state index contributed by atoms with van der Waals surface area (Å²) < 4.78 is 27.1. The fourth-order valence-electron chi connectivity index (χ4n) is 3.45. The van der Waals surface area contributed by atoms with Crippen molar-refractivity contribution >= 4 is 21.8 Å². The minimum absolute atomic E-state index is 0.00580. The van der Waals surface area contributed by atoms with Gasteiger partial charge in [-0.3, -0.25) is 4.99 Å². The number of sulfonamides is 1. The van der Waals surface area contributed by atoms with Crippen LogP contribution in [0.4, 0.5) is 5.82 Å². The minimum atomic E-state index is -3.34. The fraction of sp³-hybridized carbons (Fsp3) is 0.455. The molecule has 168 valence electrons. The van der Waals surface area contributed by atoms with Gasteiger partial charge >= 0.3 is 0 Å². The predicted molar refractivity (Wildman–Crippen MR) is 126 cm³/mol. The van der Waals surface area contributed by atoms with Crippen molar-refractivity contribution in [1.29, 1.82) is 0 Å². The lowest BCUT2D eigenvalue weighted by molar-refractivity contribution is 0.384. The number of anilines is 1. The van der Waals surface area contributed by atoms with Gasteiger partial charge in [0.05, 0.1) is 12.3 Å². The number of nitrogens with zero attached hydrogens (tertiary/aromatic N) is 4. The lowest BCUT2D eigenvalue weighted by atomic mass is 10.1. The molecule has 31 heavy (non-hydrogen) atoms. The second-order valence-corrected chi connectivity index (χ2v) is 9.40. The summed E-state index contributed by atoms with van der Waals surface area (Å²) in [6.45, 7) is 5.90. The number of nitrogens with one attached hydrogen (secondary N) is 2. The molecule has 0 atom stereocenters. The van der Waals surface area contributed by atoms with Gasteiger partial charge in [0.1, 0.15) is 5.82 Å². The number of piperazine rings is 1. The average molecular weight is 445 g/mol. The quantitative estimate of drug-likeness (QED) is 0.448. The topological polar surface area (TPSA) is 89.9 Å². The zero-order valence-corrected chi connectivity index (χ0v) is 18.9. The summed E-state index contributed by atoms with van der Waals surface area (Å²) in [5.74, 6) is 1.54. The summed E-state index contributed by atoms with van der Waals surface area (Å²) in [6.07, 6.45) is 2.64. The van der Waals surface area contributed by atoms with Crippen molar-refractivity contribution in [2.45, 2.75) is 13.3 Å². The smallest absolute Gasteiger partial charge is 0.216 e. The number of aromatic nitrogens is 1. The maximum atomic E-state index is 12.7. The van der Waals surface area contributed by atoms with E-state index < -0.39 is 10.0 Å². The molecule has 1 aromatic heterocycles. The van der Waals surface area contributed by atoms with E-state index in [2.05, 4.69) is 37.6 Å². The van der Waals surface area contributed by atoms with E-state index in [4.69, 9.17) is 0 Å². The van der Waals surface area contributed by atoms with Crippen LogP contribution >= 0.6 is 0 Å². The molecule has 1 aromatic carbocycles. The van der Waals surface area contributed by atoms with E-state index in [0.29, 0.717) is 32.1 Å². The standard InChI is InChI=1S/C22H32N6O2S/c1-2-23-22(25-13-11-20-8-4-3-5-9-20)26-14-19-31(29,30)28-17-15-27(16-18-28)21-10-6-7-12-24-21/h3-10,12H,2,11,13-19H2,1H3,(H2,23,25,26). The molecule has 0 saturated carbocycles. The van der Waals surface area contributed by atoms with Crippen molar-refractivity contribution in [3.8, 4) is 0 Å². The molecule has 0 bridgehead atoms. The molecule has 2 aromatic rings. The molecule has 8 nitrogen and oxygen atoms in total. The second-order valence-electron chi connectivity index (χ2n) is 7.31. The van der Waals surface area contributed by atoms with Gasteiger partial charge in [-0.05, 0) is 31.0 Å². The molecule has 1 fully saturated rings. The van der Waals surface area contributed by atoms with Crippen molar-refractivity contribution in [2.75, 3.05) is 56.5 Å². The molecule has 0 spiro atoms. The van der Waals surface area contributed by atoms with E-state index in [9.17, 15) is 8.42 Å². The van der Waals surface area contributed by atoms with E-state index in [0.717, 1.165) is 25.3 Å². The third-order valence-electron chi connectivity index (χ3n) is 5.12. The Balaban J connectivity index is 1.45. The lowest BCUT2D eigenvalue weighted by Gasteiger charge is -2.34. The molecule has 1 saturated heterocycles. The van der Waals surface area contributed by atoms with Gasteiger partial charge in [-0.25, -0.2) is 13.4 Å². The summed E-state index contributed by atoms with van der Waals surface area (Å²) in [4.78, 5) is 10.9. The van der Waals surface area contributed by atoms with Crippen molar-refractivity contribution in [3.05, 3.63) is 60.3 Å². The van der Waals surface area contributed by atoms with Gasteiger partial charge in [0, 0.05) is 45.5 Å². The normalized spacial score (nSPS) is 15.6. The van der Waals surface area contributed by atoms with Crippen LogP contribution in [0.2, 0.25) is 0 Å². The monoisotopic (exact) mass is 444 g/mol. The van der Waals surface area contributed by atoms with Gasteiger partial charge in [0.2, 0.25) is 10.0 Å². The van der Waals surface area contributed by atoms with Crippen LogP contribution in [0.15, 0.2) is 59.7 Å². The Hall–Kier alpha value is -2.65. The first-order chi connectivity index (χ1) is 15.1. The Kier molecular flexibility index (Phi) is 8.66. The van der Waals surface area contributed by atoms with E-state index >= 15 is 0 Å². The largest absolute Gasteiger partial charge is 0.357 e. The molecular formula is C22H32N6O2S. The molecule has 1 aliphatic rings. The first-order valence-electron chi connectivity index (χ1n) is 10.8. The third kappa shape index (κ3) is 7.22. The molecule has 1 aliphatic heterocycles. The van der Waals surface area contributed by atoms with Crippen LogP contribution in [0, 0.1) is 0 Å². The third-order valence-corrected chi connectivity index (χ3v) is 6.97. The number of aliphatic imine (C=N–C) groups is 1. The summed E-state index contributed by atoms with van der Waals surface area (Å²) >= 11 is 0. The van der Waals surface area contributed by atoms with Gasteiger partial charge < -0.3 is 15.5 Å². The SMILES string of the molecule is CCNC(=NCCS(=O)(=O)N1CCN(c2ccccn2)CC1)NCCc1ccccc1. The molecule has 3 rings (SSSR count). The summed E-state index contributed by atoms with van der Waals surface area (Å²) in [5, 5.41) is 6.45. The first-order valence-corrected chi connectivity index (χ1v) is 12.4. The molecule has 2 heterocycles. The van der Waals surface area contributed by atoms with Crippen LogP contribution in [-0.2, 0) is 16.4 Å². The number of benzene rings is 1. The van der Waals surface area contributed by atoms with Gasteiger partial charge in [-0.2, -0.15) is 4.31 Å².